The zero-order valence-electron chi connectivity index (χ0n) is 18.8. The first-order valence-electron chi connectivity index (χ1n) is 11.6. The second-order valence-corrected chi connectivity index (χ2v) is 8.68. The van der Waals surface area contributed by atoms with E-state index in [1.54, 1.807) is 0 Å². The molecular weight excluding hydrogens is 416 g/mol. The molecule has 0 spiro atoms. The summed E-state index contributed by atoms with van der Waals surface area (Å²) in [7, 11) is 0. The summed E-state index contributed by atoms with van der Waals surface area (Å²) >= 11 is 0. The Bertz CT molecular complexity index is 1300. The van der Waals surface area contributed by atoms with Crippen LogP contribution in [0.5, 0.6) is 0 Å². The number of hydrogen-bond acceptors (Lipinski definition) is 1. The summed E-state index contributed by atoms with van der Waals surface area (Å²) in [5.74, 6) is -1.54. The minimum absolute atomic E-state index is 0.402. The summed E-state index contributed by atoms with van der Waals surface area (Å²) in [5.41, 5.74) is 3.07. The molecule has 1 atom stereocenters. The van der Waals surface area contributed by atoms with Crippen LogP contribution in [0.4, 0.5) is 0 Å². The van der Waals surface area contributed by atoms with Crippen LogP contribution >= 0.6 is 0 Å². The number of benzene rings is 5. The standard InChI is InChI=1S/C32H26O2/c33-31(34)30(23-24-20-21-25-12-10-11-13-26(25)22-24)32(27-14-4-1-5-15-27,28-16-6-2-7-17-28)29-18-8-3-9-19-29/h1-22,30H,23H2,(H,33,34). The van der Waals surface area contributed by atoms with Gasteiger partial charge in [-0.1, -0.05) is 133 Å². The molecule has 5 aromatic rings. The topological polar surface area (TPSA) is 37.3 Å². The van der Waals surface area contributed by atoms with E-state index >= 15 is 0 Å². The summed E-state index contributed by atoms with van der Waals surface area (Å²) in [4.78, 5) is 13.1. The van der Waals surface area contributed by atoms with Crippen LogP contribution < -0.4 is 0 Å². The van der Waals surface area contributed by atoms with E-state index in [0.717, 1.165) is 33.0 Å². The van der Waals surface area contributed by atoms with Crippen LogP contribution in [0.3, 0.4) is 0 Å². The molecule has 0 amide bonds. The largest absolute Gasteiger partial charge is 0.481 e. The van der Waals surface area contributed by atoms with Gasteiger partial charge in [0.1, 0.15) is 0 Å². The maximum Gasteiger partial charge on any atom is 0.308 e. The van der Waals surface area contributed by atoms with Gasteiger partial charge < -0.3 is 5.11 Å². The monoisotopic (exact) mass is 442 g/mol. The quantitative estimate of drug-likeness (QED) is 0.273. The number of fused-ring (bicyclic) bond motifs is 1. The van der Waals surface area contributed by atoms with Gasteiger partial charge in [0, 0.05) is 0 Å². The molecule has 34 heavy (non-hydrogen) atoms. The van der Waals surface area contributed by atoms with E-state index in [2.05, 4.69) is 66.7 Å². The number of carbonyl (C=O) groups is 1. The summed E-state index contributed by atoms with van der Waals surface area (Å²) in [6.45, 7) is 0. The molecule has 166 valence electrons. The average molecular weight is 443 g/mol. The molecule has 1 N–H and O–H groups in total. The van der Waals surface area contributed by atoms with Crippen LogP contribution in [-0.2, 0) is 16.6 Å². The Labute approximate surface area is 200 Å². The lowest BCUT2D eigenvalue weighted by Gasteiger charge is -2.41. The van der Waals surface area contributed by atoms with E-state index in [0.29, 0.717) is 6.42 Å². The predicted octanol–water partition coefficient (Wildman–Crippen LogP) is 7.12. The lowest BCUT2D eigenvalue weighted by molar-refractivity contribution is -0.143. The maximum absolute atomic E-state index is 13.1. The molecule has 2 nitrogen and oxygen atoms in total. The Morgan fingerprint density at radius 2 is 1.03 bits per heavy atom. The molecule has 0 saturated heterocycles. The van der Waals surface area contributed by atoms with Gasteiger partial charge in [-0.25, -0.2) is 0 Å². The van der Waals surface area contributed by atoms with Crippen LogP contribution in [0.25, 0.3) is 10.8 Å². The molecule has 0 saturated carbocycles. The maximum atomic E-state index is 13.1. The van der Waals surface area contributed by atoms with Crippen LogP contribution in [0.1, 0.15) is 22.3 Å². The minimum atomic E-state index is -0.860. The second-order valence-electron chi connectivity index (χ2n) is 8.68. The van der Waals surface area contributed by atoms with Gasteiger partial charge in [0.15, 0.2) is 0 Å². The zero-order valence-corrected chi connectivity index (χ0v) is 18.8. The van der Waals surface area contributed by atoms with E-state index in [4.69, 9.17) is 0 Å². The fourth-order valence-electron chi connectivity index (χ4n) is 5.23. The molecule has 5 rings (SSSR count). The highest BCUT2D eigenvalue weighted by Crippen LogP contribution is 2.46. The fourth-order valence-corrected chi connectivity index (χ4v) is 5.23. The Hall–Kier alpha value is -4.17. The van der Waals surface area contributed by atoms with Crippen molar-refractivity contribution >= 4 is 16.7 Å². The first-order chi connectivity index (χ1) is 16.7. The molecule has 1 unspecified atom stereocenters. The zero-order chi connectivity index (χ0) is 23.4. The number of rotatable bonds is 7. The molecule has 2 heteroatoms. The van der Waals surface area contributed by atoms with Crippen molar-refractivity contribution in [2.24, 2.45) is 5.92 Å². The van der Waals surface area contributed by atoms with E-state index in [-0.39, 0.29) is 0 Å². The van der Waals surface area contributed by atoms with Crippen molar-refractivity contribution in [2.45, 2.75) is 11.8 Å². The van der Waals surface area contributed by atoms with Gasteiger partial charge in [-0.3, -0.25) is 4.79 Å². The van der Waals surface area contributed by atoms with Gasteiger partial charge in [-0.15, -0.1) is 0 Å². The van der Waals surface area contributed by atoms with Gasteiger partial charge >= 0.3 is 5.97 Å². The number of carboxylic acids is 1. The summed E-state index contributed by atoms with van der Waals surface area (Å²) < 4.78 is 0. The molecule has 0 radical (unpaired) electrons. The third-order valence-corrected chi connectivity index (χ3v) is 6.76. The van der Waals surface area contributed by atoms with Crippen molar-refractivity contribution in [3.05, 3.63) is 156 Å². The third kappa shape index (κ3) is 3.88. The molecule has 0 aliphatic heterocycles. The van der Waals surface area contributed by atoms with Crippen molar-refractivity contribution in [1.29, 1.82) is 0 Å². The van der Waals surface area contributed by atoms with Crippen LogP contribution in [0.15, 0.2) is 133 Å². The van der Waals surface area contributed by atoms with Crippen LogP contribution in [0.2, 0.25) is 0 Å². The van der Waals surface area contributed by atoms with Crippen molar-refractivity contribution in [2.75, 3.05) is 0 Å². The van der Waals surface area contributed by atoms with Crippen molar-refractivity contribution in [1.82, 2.24) is 0 Å². The first kappa shape index (κ1) is 21.7. The first-order valence-corrected chi connectivity index (χ1v) is 11.6. The van der Waals surface area contributed by atoms with E-state index in [9.17, 15) is 9.90 Å². The predicted molar refractivity (Wildman–Crippen MR) is 138 cm³/mol. The number of carboxylic acid groups (broad SMARTS) is 1. The molecule has 0 aromatic heterocycles. The van der Waals surface area contributed by atoms with E-state index < -0.39 is 17.3 Å². The number of hydrogen-bond donors (Lipinski definition) is 1. The molecule has 0 aliphatic carbocycles. The highest BCUT2D eigenvalue weighted by atomic mass is 16.4. The highest BCUT2D eigenvalue weighted by molar-refractivity contribution is 5.83. The van der Waals surface area contributed by atoms with Crippen LogP contribution in [-0.4, -0.2) is 11.1 Å². The number of aliphatic carboxylic acids is 1. The fraction of sp³-hybridized carbons (Fsp3) is 0.0938. The molecule has 5 aromatic carbocycles. The molecule has 0 aliphatic rings. The molecule has 0 fully saturated rings. The second kappa shape index (κ2) is 9.36. The molecular formula is C32H26O2. The molecule has 0 heterocycles. The van der Waals surface area contributed by atoms with Crippen molar-refractivity contribution in [3.63, 3.8) is 0 Å². The lowest BCUT2D eigenvalue weighted by atomic mass is 9.60. The lowest BCUT2D eigenvalue weighted by Crippen LogP contribution is -2.43. The Morgan fingerprint density at radius 3 is 1.50 bits per heavy atom. The van der Waals surface area contributed by atoms with Gasteiger partial charge in [0.05, 0.1) is 11.3 Å². The van der Waals surface area contributed by atoms with Crippen molar-refractivity contribution in [3.8, 4) is 0 Å². The smallest absolute Gasteiger partial charge is 0.308 e. The van der Waals surface area contributed by atoms with E-state index in [1.807, 2.05) is 66.7 Å². The Balaban J connectivity index is 1.77. The van der Waals surface area contributed by atoms with Gasteiger partial charge in [0.2, 0.25) is 0 Å². The third-order valence-electron chi connectivity index (χ3n) is 6.76. The van der Waals surface area contributed by atoms with Gasteiger partial charge in [-0.2, -0.15) is 0 Å². The normalized spacial score (nSPS) is 12.4. The Morgan fingerprint density at radius 1 is 0.588 bits per heavy atom. The van der Waals surface area contributed by atoms with Crippen LogP contribution in [0, 0.1) is 5.92 Å². The summed E-state index contributed by atoms with van der Waals surface area (Å²) in [6, 6.07) is 44.6. The SMILES string of the molecule is O=C(O)C(Cc1ccc2ccccc2c1)C(c1ccccc1)(c1ccccc1)c1ccccc1. The highest BCUT2D eigenvalue weighted by Gasteiger charge is 2.47. The Kier molecular flexibility index (Phi) is 5.97. The van der Waals surface area contributed by atoms with E-state index in [1.165, 1.54) is 0 Å². The minimum Gasteiger partial charge on any atom is -0.481 e. The van der Waals surface area contributed by atoms with Crippen molar-refractivity contribution < 1.29 is 9.90 Å². The average Bonchev–Trinajstić information content (AvgIpc) is 2.90. The van der Waals surface area contributed by atoms with Gasteiger partial charge in [-0.05, 0) is 39.4 Å². The summed E-state index contributed by atoms with van der Waals surface area (Å²) in [6.07, 6.45) is 0.402. The summed E-state index contributed by atoms with van der Waals surface area (Å²) in [5, 5.41) is 13.0. The van der Waals surface area contributed by atoms with Gasteiger partial charge in [0.25, 0.3) is 0 Å². The molecule has 0 bridgehead atoms.